The van der Waals surface area contributed by atoms with Crippen molar-refractivity contribution in [2.24, 2.45) is 11.7 Å². The lowest BCUT2D eigenvalue weighted by Gasteiger charge is -2.35. The highest BCUT2D eigenvalue weighted by atomic mass is 16.5. The zero-order valence-electron chi connectivity index (χ0n) is 12.2. The third kappa shape index (κ3) is 2.79. The highest BCUT2D eigenvalue weighted by molar-refractivity contribution is 5.77. The Bertz CT molecular complexity index is 596. The second kappa shape index (κ2) is 5.75. The number of carbonyl (C=O) groups is 2. The average molecular weight is 305 g/mol. The summed E-state index contributed by atoms with van der Waals surface area (Å²) >= 11 is 0. The van der Waals surface area contributed by atoms with Gasteiger partial charge < -0.3 is 25.4 Å². The van der Waals surface area contributed by atoms with Crippen LogP contribution in [0.15, 0.2) is 18.2 Å². The lowest BCUT2D eigenvalue weighted by molar-refractivity contribution is -0.123. The van der Waals surface area contributed by atoms with Crippen molar-refractivity contribution in [3.8, 4) is 5.75 Å². The Morgan fingerprint density at radius 3 is 2.59 bits per heavy atom. The quantitative estimate of drug-likeness (QED) is 0.830. The molecule has 0 aromatic heterocycles. The summed E-state index contributed by atoms with van der Waals surface area (Å²) in [5.74, 6) is 0.188. The van der Waals surface area contributed by atoms with Crippen molar-refractivity contribution in [2.75, 3.05) is 37.7 Å². The first-order chi connectivity index (χ1) is 10.5. The smallest absolute Gasteiger partial charge is 0.407 e. The number of nitrogens with zero attached hydrogens (tertiary/aromatic N) is 2. The largest absolute Gasteiger partial charge is 0.492 e. The molecule has 22 heavy (non-hydrogen) atoms. The van der Waals surface area contributed by atoms with Crippen LogP contribution in [0.1, 0.15) is 5.56 Å². The van der Waals surface area contributed by atoms with Crippen molar-refractivity contribution >= 4 is 17.7 Å². The number of primary amides is 1. The van der Waals surface area contributed by atoms with Gasteiger partial charge in [0.15, 0.2) is 0 Å². The molecular weight excluding hydrogens is 286 g/mol. The van der Waals surface area contributed by atoms with Gasteiger partial charge in [0.2, 0.25) is 5.91 Å². The number of carbonyl (C=O) groups excluding carboxylic acids is 1. The monoisotopic (exact) mass is 305 g/mol. The van der Waals surface area contributed by atoms with Crippen LogP contribution in [0.4, 0.5) is 10.5 Å². The Labute approximate surface area is 128 Å². The predicted octanol–water partition coefficient (Wildman–Crippen LogP) is 0.523. The van der Waals surface area contributed by atoms with Gasteiger partial charge in [0, 0.05) is 37.9 Å². The molecule has 0 unspecified atom stereocenters. The molecule has 118 valence electrons. The van der Waals surface area contributed by atoms with Gasteiger partial charge in [-0.1, -0.05) is 6.07 Å². The number of benzene rings is 1. The van der Waals surface area contributed by atoms with Crippen LogP contribution in [0.2, 0.25) is 0 Å². The first kappa shape index (κ1) is 14.5. The number of ether oxygens (including phenoxy) is 1. The Balaban J connectivity index is 1.70. The van der Waals surface area contributed by atoms with E-state index in [-0.39, 0.29) is 11.8 Å². The summed E-state index contributed by atoms with van der Waals surface area (Å²) in [6.07, 6.45) is -0.261. The fourth-order valence-electron chi connectivity index (χ4n) is 2.90. The number of rotatable bonds is 2. The van der Waals surface area contributed by atoms with E-state index in [4.69, 9.17) is 15.6 Å². The maximum Gasteiger partial charge on any atom is 0.407 e. The van der Waals surface area contributed by atoms with E-state index < -0.39 is 6.09 Å². The Morgan fingerprint density at radius 1 is 1.23 bits per heavy atom. The molecule has 7 heteroatoms. The van der Waals surface area contributed by atoms with Crippen molar-refractivity contribution < 1.29 is 19.4 Å². The Morgan fingerprint density at radius 2 is 1.95 bits per heavy atom. The molecule has 0 radical (unpaired) electrons. The highest BCUT2D eigenvalue weighted by Crippen LogP contribution is 2.31. The van der Waals surface area contributed by atoms with Gasteiger partial charge in [-0.25, -0.2) is 4.79 Å². The highest BCUT2D eigenvalue weighted by Gasteiger charge is 2.26. The minimum Gasteiger partial charge on any atom is -0.492 e. The minimum atomic E-state index is -0.870. The number of hydrogen-bond donors (Lipinski definition) is 2. The molecule has 1 aromatic carbocycles. The van der Waals surface area contributed by atoms with E-state index in [1.807, 2.05) is 18.2 Å². The number of amides is 2. The Kier molecular flexibility index (Phi) is 3.79. The van der Waals surface area contributed by atoms with Crippen LogP contribution in [0.5, 0.6) is 5.75 Å². The molecule has 7 nitrogen and oxygen atoms in total. The van der Waals surface area contributed by atoms with Crippen molar-refractivity contribution in [3.63, 3.8) is 0 Å². The zero-order chi connectivity index (χ0) is 15.7. The second-order valence-corrected chi connectivity index (χ2v) is 5.66. The predicted molar refractivity (Wildman–Crippen MR) is 80.1 cm³/mol. The molecule has 1 aromatic rings. The van der Waals surface area contributed by atoms with Crippen LogP contribution in [-0.4, -0.2) is 54.8 Å². The molecule has 3 rings (SSSR count). The fourth-order valence-corrected chi connectivity index (χ4v) is 2.90. The summed E-state index contributed by atoms with van der Waals surface area (Å²) in [7, 11) is 0. The molecular formula is C15H19N3O4. The van der Waals surface area contributed by atoms with Crippen molar-refractivity contribution in [2.45, 2.75) is 6.42 Å². The summed E-state index contributed by atoms with van der Waals surface area (Å²) in [6, 6.07) is 5.91. The van der Waals surface area contributed by atoms with E-state index >= 15 is 0 Å². The van der Waals surface area contributed by atoms with Gasteiger partial charge in [-0.2, -0.15) is 0 Å². The molecule has 0 aliphatic carbocycles. The molecule has 2 amide bonds. The SMILES string of the molecule is NC(=O)[C@@H]1COc2cc(N3CCN(C(=O)O)CC3)ccc2C1. The number of piperazine rings is 1. The molecule has 2 aliphatic rings. The van der Waals surface area contributed by atoms with E-state index in [9.17, 15) is 9.59 Å². The first-order valence-corrected chi connectivity index (χ1v) is 7.32. The normalized spacial score (nSPS) is 21.0. The van der Waals surface area contributed by atoms with E-state index in [1.165, 1.54) is 4.90 Å². The number of hydrogen-bond acceptors (Lipinski definition) is 4. The lowest BCUT2D eigenvalue weighted by atomic mass is 9.96. The van der Waals surface area contributed by atoms with Gasteiger partial charge in [-0.05, 0) is 18.1 Å². The summed E-state index contributed by atoms with van der Waals surface area (Å²) in [4.78, 5) is 25.7. The maximum absolute atomic E-state index is 11.2. The van der Waals surface area contributed by atoms with Crippen LogP contribution >= 0.6 is 0 Å². The van der Waals surface area contributed by atoms with Gasteiger partial charge >= 0.3 is 6.09 Å². The molecule has 2 aliphatic heterocycles. The molecule has 1 saturated heterocycles. The van der Waals surface area contributed by atoms with E-state index in [0.717, 1.165) is 17.0 Å². The molecule has 2 heterocycles. The van der Waals surface area contributed by atoms with Crippen LogP contribution in [0.3, 0.4) is 0 Å². The second-order valence-electron chi connectivity index (χ2n) is 5.66. The lowest BCUT2D eigenvalue weighted by Crippen LogP contribution is -2.48. The summed E-state index contributed by atoms with van der Waals surface area (Å²) in [6.45, 7) is 2.64. The van der Waals surface area contributed by atoms with Crippen LogP contribution in [-0.2, 0) is 11.2 Å². The van der Waals surface area contributed by atoms with E-state index in [1.54, 1.807) is 0 Å². The third-order valence-corrected chi connectivity index (χ3v) is 4.27. The van der Waals surface area contributed by atoms with E-state index in [0.29, 0.717) is 39.2 Å². The third-order valence-electron chi connectivity index (χ3n) is 4.27. The van der Waals surface area contributed by atoms with Gasteiger partial charge in [0.1, 0.15) is 12.4 Å². The van der Waals surface area contributed by atoms with Gasteiger partial charge in [-0.3, -0.25) is 4.79 Å². The van der Waals surface area contributed by atoms with Gasteiger partial charge in [0.05, 0.1) is 5.92 Å². The fraction of sp³-hybridized carbons (Fsp3) is 0.467. The van der Waals surface area contributed by atoms with Crippen molar-refractivity contribution in [3.05, 3.63) is 23.8 Å². The zero-order valence-corrected chi connectivity index (χ0v) is 12.2. The van der Waals surface area contributed by atoms with Crippen molar-refractivity contribution in [1.29, 1.82) is 0 Å². The number of carboxylic acid groups (broad SMARTS) is 1. The Hall–Kier alpha value is -2.44. The molecule has 0 bridgehead atoms. The van der Waals surface area contributed by atoms with Crippen LogP contribution in [0, 0.1) is 5.92 Å². The van der Waals surface area contributed by atoms with Crippen molar-refractivity contribution in [1.82, 2.24) is 4.90 Å². The molecule has 0 spiro atoms. The van der Waals surface area contributed by atoms with Crippen LogP contribution < -0.4 is 15.4 Å². The van der Waals surface area contributed by atoms with Crippen LogP contribution in [0.25, 0.3) is 0 Å². The topological polar surface area (TPSA) is 96.1 Å². The van der Waals surface area contributed by atoms with E-state index in [2.05, 4.69) is 4.90 Å². The number of nitrogens with two attached hydrogens (primary N) is 1. The first-order valence-electron chi connectivity index (χ1n) is 7.32. The summed E-state index contributed by atoms with van der Waals surface area (Å²) in [5.41, 5.74) is 7.33. The summed E-state index contributed by atoms with van der Waals surface area (Å²) in [5, 5.41) is 8.97. The molecule has 3 N–H and O–H groups in total. The minimum absolute atomic E-state index is 0.266. The molecule has 1 atom stereocenters. The number of anilines is 1. The number of fused-ring (bicyclic) bond motifs is 1. The molecule has 1 fully saturated rings. The van der Waals surface area contributed by atoms with Gasteiger partial charge in [0.25, 0.3) is 0 Å². The summed E-state index contributed by atoms with van der Waals surface area (Å²) < 4.78 is 5.66. The average Bonchev–Trinajstić information content (AvgIpc) is 2.54. The molecule has 0 saturated carbocycles. The standard InChI is InChI=1S/C15H19N3O4/c16-14(19)11-7-10-1-2-12(8-13(10)22-9-11)17-3-5-18(6-4-17)15(20)21/h1-2,8,11H,3-7,9H2,(H2,16,19)(H,20,21)/t11-/m0/s1. The van der Waals surface area contributed by atoms with Gasteiger partial charge in [-0.15, -0.1) is 0 Å². The maximum atomic E-state index is 11.2.